The summed E-state index contributed by atoms with van der Waals surface area (Å²) < 4.78 is 27.4. The number of hydrogen-bond acceptors (Lipinski definition) is 4. The molecule has 1 aliphatic heterocycles. The highest BCUT2D eigenvalue weighted by Crippen LogP contribution is 2.21. The second-order valence-corrected chi connectivity index (χ2v) is 5.46. The number of nitrogens with two attached hydrogens (primary N) is 1. The number of ether oxygens (including phenoxy) is 1. The maximum absolute atomic E-state index is 11.2. The second-order valence-electron chi connectivity index (χ2n) is 3.90. The average Bonchev–Trinajstić information content (AvgIpc) is 2.11. The molecule has 0 saturated carbocycles. The van der Waals surface area contributed by atoms with E-state index in [4.69, 9.17) is 9.88 Å². The summed E-state index contributed by atoms with van der Waals surface area (Å²) in [5.74, 6) is 0. The van der Waals surface area contributed by atoms with E-state index in [1.165, 1.54) is 6.07 Å². The monoisotopic (exact) mass is 242 g/mol. The Morgan fingerprint density at radius 1 is 1.44 bits per heavy atom. The van der Waals surface area contributed by atoms with Crippen molar-refractivity contribution < 1.29 is 13.2 Å². The van der Waals surface area contributed by atoms with Crippen LogP contribution in [-0.2, 0) is 14.8 Å². The number of rotatable bonds is 3. The number of benzene rings is 1. The summed E-state index contributed by atoms with van der Waals surface area (Å²) in [6.45, 7) is 3.22. The van der Waals surface area contributed by atoms with Crippen molar-refractivity contribution in [3.05, 3.63) is 23.8 Å². The molecule has 0 atom stereocenters. The Bertz CT molecular complexity index is 495. The molecule has 88 valence electrons. The van der Waals surface area contributed by atoms with E-state index >= 15 is 0 Å². The van der Waals surface area contributed by atoms with Crippen LogP contribution in [0.1, 0.15) is 5.56 Å². The van der Waals surface area contributed by atoms with Gasteiger partial charge in [0.2, 0.25) is 10.0 Å². The van der Waals surface area contributed by atoms with Crippen LogP contribution in [-0.4, -0.2) is 27.7 Å². The quantitative estimate of drug-likeness (QED) is 0.806. The third kappa shape index (κ3) is 2.34. The van der Waals surface area contributed by atoms with Gasteiger partial charge in [0.15, 0.2) is 0 Å². The fraction of sp³-hybridized carbons (Fsp3) is 0.400. The van der Waals surface area contributed by atoms with E-state index in [1.807, 2.05) is 6.92 Å². The van der Waals surface area contributed by atoms with Crippen molar-refractivity contribution in [1.82, 2.24) is 0 Å². The molecule has 1 aliphatic rings. The fourth-order valence-electron chi connectivity index (χ4n) is 1.47. The Kier molecular flexibility index (Phi) is 2.88. The molecular formula is C10H14N2O3S. The molecular weight excluding hydrogens is 228 g/mol. The molecule has 0 bridgehead atoms. The van der Waals surface area contributed by atoms with Gasteiger partial charge < -0.3 is 10.1 Å². The van der Waals surface area contributed by atoms with Crippen LogP contribution >= 0.6 is 0 Å². The standard InChI is InChI=1S/C10H14N2O3S/c1-7-2-3-9(16(11,13)14)4-10(7)12-8-5-15-6-8/h2-4,8,12H,5-6H2,1H3,(H2,11,13,14). The van der Waals surface area contributed by atoms with Crippen LogP contribution in [0.15, 0.2) is 23.1 Å². The van der Waals surface area contributed by atoms with E-state index < -0.39 is 10.0 Å². The lowest BCUT2D eigenvalue weighted by Crippen LogP contribution is -2.40. The van der Waals surface area contributed by atoms with Crippen LogP contribution in [0, 0.1) is 6.92 Å². The predicted octanol–water partition coefficient (Wildman–Crippen LogP) is 0.453. The highest BCUT2D eigenvalue weighted by Gasteiger charge is 2.19. The molecule has 3 N–H and O–H groups in total. The highest BCUT2D eigenvalue weighted by molar-refractivity contribution is 7.89. The Morgan fingerprint density at radius 2 is 2.12 bits per heavy atom. The first-order valence-electron chi connectivity index (χ1n) is 4.94. The topological polar surface area (TPSA) is 81.4 Å². The molecule has 0 radical (unpaired) electrons. The summed E-state index contributed by atoms with van der Waals surface area (Å²) in [4.78, 5) is 0.126. The molecule has 0 amide bonds. The molecule has 0 unspecified atom stereocenters. The van der Waals surface area contributed by atoms with Crippen molar-refractivity contribution in [3.63, 3.8) is 0 Å². The van der Waals surface area contributed by atoms with Gasteiger partial charge in [0.05, 0.1) is 24.2 Å². The van der Waals surface area contributed by atoms with Crippen molar-refractivity contribution in [2.45, 2.75) is 17.9 Å². The van der Waals surface area contributed by atoms with Gasteiger partial charge in [-0.05, 0) is 24.6 Å². The SMILES string of the molecule is Cc1ccc(S(N)(=O)=O)cc1NC1COC1. The van der Waals surface area contributed by atoms with Crippen molar-refractivity contribution in [3.8, 4) is 0 Å². The maximum Gasteiger partial charge on any atom is 0.238 e. The highest BCUT2D eigenvalue weighted by atomic mass is 32.2. The summed E-state index contributed by atoms with van der Waals surface area (Å²) in [6, 6.07) is 5.06. The number of aryl methyl sites for hydroxylation is 1. The zero-order chi connectivity index (χ0) is 11.8. The zero-order valence-corrected chi connectivity index (χ0v) is 9.75. The number of sulfonamides is 1. The molecule has 2 rings (SSSR count). The summed E-state index contributed by atoms with van der Waals surface area (Å²) in [5.41, 5.74) is 1.78. The van der Waals surface area contributed by atoms with Gasteiger partial charge in [-0.1, -0.05) is 6.07 Å². The Balaban J connectivity index is 2.28. The first kappa shape index (κ1) is 11.4. The van der Waals surface area contributed by atoms with E-state index in [2.05, 4.69) is 5.32 Å². The molecule has 1 fully saturated rings. The van der Waals surface area contributed by atoms with Gasteiger partial charge in [0.1, 0.15) is 0 Å². The third-order valence-electron chi connectivity index (χ3n) is 2.54. The van der Waals surface area contributed by atoms with Gasteiger partial charge in [-0.3, -0.25) is 0 Å². The van der Waals surface area contributed by atoms with Crippen LogP contribution in [0.4, 0.5) is 5.69 Å². The molecule has 0 aromatic heterocycles. The minimum absolute atomic E-state index is 0.126. The van der Waals surface area contributed by atoms with Gasteiger partial charge >= 0.3 is 0 Å². The molecule has 1 heterocycles. The second kappa shape index (κ2) is 4.04. The van der Waals surface area contributed by atoms with Gasteiger partial charge in [-0.2, -0.15) is 0 Å². The Hall–Kier alpha value is -1.11. The van der Waals surface area contributed by atoms with Crippen molar-refractivity contribution in [1.29, 1.82) is 0 Å². The predicted molar refractivity (Wildman–Crippen MR) is 60.8 cm³/mol. The Morgan fingerprint density at radius 3 is 2.62 bits per heavy atom. The molecule has 0 spiro atoms. The largest absolute Gasteiger partial charge is 0.377 e. The summed E-state index contributed by atoms with van der Waals surface area (Å²) in [7, 11) is -3.64. The van der Waals surface area contributed by atoms with Gasteiger partial charge in [-0.15, -0.1) is 0 Å². The van der Waals surface area contributed by atoms with Gasteiger partial charge in [0.25, 0.3) is 0 Å². The number of hydrogen-bond donors (Lipinski definition) is 2. The number of nitrogens with one attached hydrogen (secondary N) is 1. The lowest BCUT2D eigenvalue weighted by molar-refractivity contribution is 0.0211. The van der Waals surface area contributed by atoms with Crippen LogP contribution in [0.5, 0.6) is 0 Å². The lowest BCUT2D eigenvalue weighted by atomic mass is 10.1. The first-order valence-corrected chi connectivity index (χ1v) is 6.49. The van der Waals surface area contributed by atoms with Crippen molar-refractivity contribution in [2.75, 3.05) is 18.5 Å². The minimum Gasteiger partial charge on any atom is -0.377 e. The van der Waals surface area contributed by atoms with Crippen LogP contribution in [0.3, 0.4) is 0 Å². The van der Waals surface area contributed by atoms with E-state index in [1.54, 1.807) is 12.1 Å². The van der Waals surface area contributed by atoms with Crippen LogP contribution in [0.25, 0.3) is 0 Å². The summed E-state index contributed by atoms with van der Waals surface area (Å²) >= 11 is 0. The smallest absolute Gasteiger partial charge is 0.238 e. The molecule has 16 heavy (non-hydrogen) atoms. The fourth-order valence-corrected chi connectivity index (χ4v) is 2.01. The molecule has 1 aromatic carbocycles. The first-order chi connectivity index (χ1) is 7.47. The number of anilines is 1. The molecule has 0 aliphatic carbocycles. The van der Waals surface area contributed by atoms with Gasteiger partial charge in [0, 0.05) is 5.69 Å². The molecule has 6 heteroatoms. The summed E-state index contributed by atoms with van der Waals surface area (Å²) in [6.07, 6.45) is 0. The van der Waals surface area contributed by atoms with Crippen LogP contribution < -0.4 is 10.5 Å². The molecule has 1 aromatic rings. The molecule has 1 saturated heterocycles. The maximum atomic E-state index is 11.2. The van der Waals surface area contributed by atoms with Crippen LogP contribution in [0.2, 0.25) is 0 Å². The number of primary sulfonamides is 1. The average molecular weight is 242 g/mol. The normalized spacial score (nSPS) is 16.9. The van der Waals surface area contributed by atoms with E-state index in [0.29, 0.717) is 13.2 Å². The summed E-state index contributed by atoms with van der Waals surface area (Å²) in [5, 5.41) is 8.29. The third-order valence-corrected chi connectivity index (χ3v) is 3.45. The van der Waals surface area contributed by atoms with Crippen molar-refractivity contribution in [2.24, 2.45) is 5.14 Å². The molecule has 5 nitrogen and oxygen atoms in total. The van der Waals surface area contributed by atoms with Crippen molar-refractivity contribution >= 4 is 15.7 Å². The van der Waals surface area contributed by atoms with E-state index in [0.717, 1.165) is 11.3 Å². The lowest BCUT2D eigenvalue weighted by Gasteiger charge is -2.28. The minimum atomic E-state index is -3.64. The Labute approximate surface area is 94.6 Å². The van der Waals surface area contributed by atoms with E-state index in [-0.39, 0.29) is 10.9 Å². The van der Waals surface area contributed by atoms with Gasteiger partial charge in [-0.25, -0.2) is 13.6 Å². The zero-order valence-electron chi connectivity index (χ0n) is 8.93. The van der Waals surface area contributed by atoms with E-state index in [9.17, 15) is 8.42 Å².